The number of thiophene rings is 1. The predicted octanol–water partition coefficient (Wildman–Crippen LogP) is 2.20. The maximum absolute atomic E-state index is 11.4. The maximum atomic E-state index is 11.4. The molecule has 4 nitrogen and oxygen atoms in total. The number of hydrogen-bond donors (Lipinski definition) is 2. The van der Waals surface area contributed by atoms with Crippen molar-refractivity contribution in [2.45, 2.75) is 26.2 Å². The van der Waals surface area contributed by atoms with E-state index in [1.807, 2.05) is 0 Å². The first-order chi connectivity index (χ1) is 7.24. The van der Waals surface area contributed by atoms with E-state index in [9.17, 15) is 19.8 Å². The van der Waals surface area contributed by atoms with Gasteiger partial charge in [0, 0.05) is 0 Å². The standard InChI is InChI=1S/C11H14O4S/c1-10(2,3)11(8(12)13,9(14)15)7-4-5-16-6-7/h4-6H,1-3H3,(H,12,13)(H,14,15). The lowest BCUT2D eigenvalue weighted by Crippen LogP contribution is -2.53. The SMILES string of the molecule is CC(C)(C)C(C(=O)O)(C(=O)O)c1ccsc1. The molecule has 16 heavy (non-hydrogen) atoms. The van der Waals surface area contributed by atoms with E-state index < -0.39 is 22.8 Å². The summed E-state index contributed by atoms with van der Waals surface area (Å²) in [6, 6.07) is 1.55. The van der Waals surface area contributed by atoms with Crippen molar-refractivity contribution in [3.8, 4) is 0 Å². The van der Waals surface area contributed by atoms with Crippen LogP contribution >= 0.6 is 11.3 Å². The van der Waals surface area contributed by atoms with Crippen molar-refractivity contribution in [1.82, 2.24) is 0 Å². The minimum Gasteiger partial charge on any atom is -0.480 e. The van der Waals surface area contributed by atoms with Crippen LogP contribution in [0.3, 0.4) is 0 Å². The summed E-state index contributed by atoms with van der Waals surface area (Å²) in [5.74, 6) is -2.66. The van der Waals surface area contributed by atoms with Gasteiger partial charge in [0.1, 0.15) is 0 Å². The van der Waals surface area contributed by atoms with E-state index in [1.54, 1.807) is 37.6 Å². The van der Waals surface area contributed by atoms with Gasteiger partial charge in [-0.3, -0.25) is 9.59 Å². The van der Waals surface area contributed by atoms with Crippen LogP contribution in [0.4, 0.5) is 0 Å². The topological polar surface area (TPSA) is 74.6 Å². The van der Waals surface area contributed by atoms with Gasteiger partial charge in [0.15, 0.2) is 5.41 Å². The molecule has 0 aliphatic rings. The molecule has 1 heterocycles. The first-order valence-corrected chi connectivity index (χ1v) is 5.68. The second-order valence-electron chi connectivity index (χ2n) is 4.62. The predicted molar refractivity (Wildman–Crippen MR) is 60.7 cm³/mol. The zero-order valence-corrected chi connectivity index (χ0v) is 10.2. The zero-order valence-electron chi connectivity index (χ0n) is 9.35. The molecule has 5 heteroatoms. The molecule has 1 rings (SSSR count). The molecule has 1 aromatic heterocycles. The van der Waals surface area contributed by atoms with E-state index in [0.717, 1.165) is 0 Å². The van der Waals surface area contributed by atoms with Crippen LogP contribution in [0.15, 0.2) is 16.8 Å². The molecule has 0 aliphatic carbocycles. The Balaban J connectivity index is 3.54. The highest BCUT2D eigenvalue weighted by Gasteiger charge is 2.57. The summed E-state index contributed by atoms with van der Waals surface area (Å²) in [4.78, 5) is 22.9. The molecule has 0 amide bonds. The minimum atomic E-state index is -1.90. The van der Waals surface area contributed by atoms with Gasteiger partial charge in [-0.05, 0) is 27.8 Å². The number of hydrogen-bond acceptors (Lipinski definition) is 3. The molecule has 0 aliphatic heterocycles. The van der Waals surface area contributed by atoms with Gasteiger partial charge in [-0.1, -0.05) is 20.8 Å². The maximum Gasteiger partial charge on any atom is 0.326 e. The molecule has 0 aromatic carbocycles. The van der Waals surface area contributed by atoms with Crippen LogP contribution in [0.1, 0.15) is 26.3 Å². The molecular formula is C11H14O4S. The third kappa shape index (κ3) is 1.61. The van der Waals surface area contributed by atoms with Crippen molar-refractivity contribution < 1.29 is 19.8 Å². The van der Waals surface area contributed by atoms with E-state index in [1.165, 1.54) is 11.3 Å². The Morgan fingerprint density at radius 2 is 1.69 bits per heavy atom. The van der Waals surface area contributed by atoms with Gasteiger partial charge in [-0.15, -0.1) is 0 Å². The molecule has 0 saturated heterocycles. The fourth-order valence-electron chi connectivity index (χ4n) is 1.89. The van der Waals surface area contributed by atoms with Crippen LogP contribution in [-0.2, 0) is 15.0 Å². The van der Waals surface area contributed by atoms with Crippen LogP contribution in [0.5, 0.6) is 0 Å². The lowest BCUT2D eigenvalue weighted by Gasteiger charge is -2.36. The second-order valence-corrected chi connectivity index (χ2v) is 5.40. The van der Waals surface area contributed by atoms with Crippen LogP contribution in [0.2, 0.25) is 0 Å². The summed E-state index contributed by atoms with van der Waals surface area (Å²) in [5.41, 5.74) is -2.48. The van der Waals surface area contributed by atoms with Crippen LogP contribution in [-0.4, -0.2) is 22.2 Å². The van der Waals surface area contributed by atoms with Gasteiger partial charge in [0.25, 0.3) is 0 Å². The summed E-state index contributed by atoms with van der Waals surface area (Å²) in [7, 11) is 0. The van der Waals surface area contributed by atoms with Crippen molar-refractivity contribution in [3.05, 3.63) is 22.4 Å². The van der Waals surface area contributed by atoms with Crippen LogP contribution < -0.4 is 0 Å². The smallest absolute Gasteiger partial charge is 0.326 e. The lowest BCUT2D eigenvalue weighted by atomic mass is 9.63. The van der Waals surface area contributed by atoms with E-state index in [0.29, 0.717) is 5.56 Å². The van der Waals surface area contributed by atoms with E-state index >= 15 is 0 Å². The molecule has 0 bridgehead atoms. The van der Waals surface area contributed by atoms with Gasteiger partial charge in [0.05, 0.1) is 0 Å². The summed E-state index contributed by atoms with van der Waals surface area (Å²) >= 11 is 1.29. The highest BCUT2D eigenvalue weighted by molar-refractivity contribution is 7.08. The Morgan fingerprint density at radius 3 is 1.94 bits per heavy atom. The first-order valence-electron chi connectivity index (χ1n) is 4.74. The zero-order chi connectivity index (χ0) is 12.6. The van der Waals surface area contributed by atoms with Gasteiger partial charge < -0.3 is 10.2 Å². The number of carboxylic acid groups (broad SMARTS) is 2. The molecule has 2 N–H and O–H groups in total. The Labute approximate surface area is 97.5 Å². The van der Waals surface area contributed by atoms with Crippen molar-refractivity contribution in [2.75, 3.05) is 0 Å². The number of aliphatic carboxylic acids is 2. The Bertz CT molecular complexity index is 386. The van der Waals surface area contributed by atoms with Gasteiger partial charge in [-0.2, -0.15) is 11.3 Å². The second kappa shape index (κ2) is 3.90. The normalized spacial score (nSPS) is 12.4. The first kappa shape index (κ1) is 12.7. The fourth-order valence-corrected chi connectivity index (χ4v) is 2.60. The Hall–Kier alpha value is -1.36. The third-order valence-corrected chi connectivity index (χ3v) is 3.40. The summed E-state index contributed by atoms with van der Waals surface area (Å²) < 4.78 is 0. The average molecular weight is 242 g/mol. The van der Waals surface area contributed by atoms with Crippen molar-refractivity contribution in [2.24, 2.45) is 5.41 Å². The lowest BCUT2D eigenvalue weighted by molar-refractivity contribution is -0.164. The molecular weight excluding hydrogens is 228 g/mol. The summed E-state index contributed by atoms with van der Waals surface area (Å²) in [6.07, 6.45) is 0. The monoisotopic (exact) mass is 242 g/mol. The molecule has 1 aromatic rings. The van der Waals surface area contributed by atoms with Crippen molar-refractivity contribution >= 4 is 23.3 Å². The van der Waals surface area contributed by atoms with Crippen molar-refractivity contribution in [1.29, 1.82) is 0 Å². The van der Waals surface area contributed by atoms with Crippen LogP contribution in [0, 0.1) is 5.41 Å². The van der Waals surface area contributed by atoms with Crippen LogP contribution in [0.25, 0.3) is 0 Å². The highest BCUT2D eigenvalue weighted by atomic mass is 32.1. The minimum absolute atomic E-state index is 0.324. The molecule has 0 saturated carbocycles. The molecule has 0 atom stereocenters. The Morgan fingerprint density at radius 1 is 1.19 bits per heavy atom. The quantitative estimate of drug-likeness (QED) is 0.797. The van der Waals surface area contributed by atoms with E-state index in [2.05, 4.69) is 0 Å². The third-order valence-electron chi connectivity index (χ3n) is 2.72. The van der Waals surface area contributed by atoms with Crippen molar-refractivity contribution in [3.63, 3.8) is 0 Å². The molecule has 0 spiro atoms. The number of rotatable bonds is 3. The average Bonchev–Trinajstić information content (AvgIpc) is 2.53. The molecule has 0 unspecified atom stereocenters. The van der Waals surface area contributed by atoms with Gasteiger partial charge in [0.2, 0.25) is 0 Å². The highest BCUT2D eigenvalue weighted by Crippen LogP contribution is 2.43. The van der Waals surface area contributed by atoms with E-state index in [-0.39, 0.29) is 0 Å². The fraction of sp³-hybridized carbons (Fsp3) is 0.455. The largest absolute Gasteiger partial charge is 0.480 e. The molecule has 88 valence electrons. The molecule has 0 fully saturated rings. The number of carboxylic acids is 2. The summed E-state index contributed by atoms with van der Waals surface area (Å²) in [5, 5.41) is 21.9. The van der Waals surface area contributed by atoms with Gasteiger partial charge in [-0.25, -0.2) is 0 Å². The summed E-state index contributed by atoms with van der Waals surface area (Å²) in [6.45, 7) is 4.85. The molecule has 0 radical (unpaired) electrons. The van der Waals surface area contributed by atoms with E-state index in [4.69, 9.17) is 0 Å². The number of carbonyl (C=O) groups is 2. The Kier molecular flexibility index (Phi) is 3.10. The van der Waals surface area contributed by atoms with Gasteiger partial charge >= 0.3 is 11.9 Å².